The van der Waals surface area contributed by atoms with Crippen LogP contribution in [0.2, 0.25) is 0 Å². The Labute approximate surface area is 177 Å². The molecule has 2 aliphatic rings. The second-order valence-corrected chi connectivity index (χ2v) is 7.95. The topological polar surface area (TPSA) is 111 Å². The second-order valence-electron chi connectivity index (χ2n) is 7.95. The third kappa shape index (κ3) is 3.26. The molecule has 156 valence electrons. The molecule has 3 aromatic rings. The van der Waals surface area contributed by atoms with E-state index >= 15 is 0 Å². The van der Waals surface area contributed by atoms with E-state index < -0.39 is 11.9 Å². The Morgan fingerprint density at radius 1 is 1.13 bits per heavy atom. The zero-order valence-electron chi connectivity index (χ0n) is 16.8. The van der Waals surface area contributed by atoms with Crippen molar-refractivity contribution >= 4 is 40.2 Å². The van der Waals surface area contributed by atoms with Gasteiger partial charge in [0.25, 0.3) is 11.8 Å². The summed E-state index contributed by atoms with van der Waals surface area (Å²) in [6, 6.07) is 12.1. The molecule has 0 spiro atoms. The smallest absolute Gasteiger partial charge is 0.272 e. The molecule has 1 saturated heterocycles. The highest BCUT2D eigenvalue weighted by molar-refractivity contribution is 6.08. The summed E-state index contributed by atoms with van der Waals surface area (Å²) < 4.78 is 0. The van der Waals surface area contributed by atoms with Gasteiger partial charge in [-0.1, -0.05) is 12.1 Å². The average Bonchev–Trinajstić information content (AvgIpc) is 3.31. The molecule has 1 fully saturated rings. The first-order valence-corrected chi connectivity index (χ1v) is 10.1. The summed E-state index contributed by atoms with van der Waals surface area (Å²) in [5.74, 6) is -1.28. The highest BCUT2D eigenvalue weighted by atomic mass is 16.2. The molecule has 0 bridgehead atoms. The first-order valence-electron chi connectivity index (χ1n) is 10.1. The molecule has 1 unspecified atom stereocenters. The Hall–Kier alpha value is -3.94. The number of carbonyl (C=O) groups is 4. The number of aromatic nitrogens is 1. The van der Waals surface area contributed by atoms with Gasteiger partial charge in [0.2, 0.25) is 11.8 Å². The number of nitrogens with one attached hydrogen (secondary N) is 3. The SMILES string of the molecule is Cc1cccc2[nH]c(C(=O)Nc3ccc4c(c3)CN(C3CCC(=O)NC3=O)C4=O)cc12. The molecule has 5 rings (SSSR count). The van der Waals surface area contributed by atoms with Crippen LogP contribution in [-0.4, -0.2) is 39.6 Å². The Morgan fingerprint density at radius 2 is 1.97 bits per heavy atom. The maximum atomic E-state index is 12.8. The van der Waals surface area contributed by atoms with Crippen molar-refractivity contribution in [3.63, 3.8) is 0 Å². The summed E-state index contributed by atoms with van der Waals surface area (Å²) >= 11 is 0. The minimum Gasteiger partial charge on any atom is -0.351 e. The average molecular weight is 416 g/mol. The molecular weight excluding hydrogens is 396 g/mol. The molecule has 1 atom stereocenters. The summed E-state index contributed by atoms with van der Waals surface area (Å²) in [6.45, 7) is 2.25. The van der Waals surface area contributed by atoms with Crippen LogP contribution in [0.1, 0.15) is 44.8 Å². The van der Waals surface area contributed by atoms with E-state index in [2.05, 4.69) is 15.6 Å². The molecule has 4 amide bonds. The Kier molecular flexibility index (Phi) is 4.35. The quantitative estimate of drug-likeness (QED) is 0.570. The lowest BCUT2D eigenvalue weighted by Crippen LogP contribution is -2.52. The fraction of sp³-hybridized carbons (Fsp3) is 0.217. The standard InChI is InChI=1S/C23H20N4O4/c1-12-3-2-4-17-16(12)10-18(25-17)21(29)24-14-5-6-15-13(9-14)11-27(23(15)31)19-7-8-20(28)26-22(19)30/h2-6,9-10,19,25H,7-8,11H2,1H3,(H,24,29)(H,26,28,30). The van der Waals surface area contributed by atoms with Crippen molar-refractivity contribution in [1.82, 2.24) is 15.2 Å². The molecule has 2 aliphatic heterocycles. The summed E-state index contributed by atoms with van der Waals surface area (Å²) in [7, 11) is 0. The highest BCUT2D eigenvalue weighted by Gasteiger charge is 2.39. The number of fused-ring (bicyclic) bond motifs is 2. The van der Waals surface area contributed by atoms with E-state index in [9.17, 15) is 19.2 Å². The van der Waals surface area contributed by atoms with Crippen LogP contribution in [0.25, 0.3) is 10.9 Å². The van der Waals surface area contributed by atoms with Crippen LogP contribution in [0.15, 0.2) is 42.5 Å². The summed E-state index contributed by atoms with van der Waals surface area (Å²) in [6.07, 6.45) is 0.523. The van der Waals surface area contributed by atoms with E-state index in [1.807, 2.05) is 31.2 Å². The number of amides is 4. The van der Waals surface area contributed by atoms with Crippen LogP contribution in [0.4, 0.5) is 5.69 Å². The molecule has 0 aliphatic carbocycles. The van der Waals surface area contributed by atoms with Crippen molar-refractivity contribution in [2.75, 3.05) is 5.32 Å². The number of piperidine rings is 1. The van der Waals surface area contributed by atoms with Crippen molar-refractivity contribution in [3.05, 3.63) is 64.8 Å². The van der Waals surface area contributed by atoms with E-state index in [0.29, 0.717) is 23.4 Å². The minimum atomic E-state index is -0.662. The van der Waals surface area contributed by atoms with Gasteiger partial charge in [-0.25, -0.2) is 0 Å². The van der Waals surface area contributed by atoms with Crippen molar-refractivity contribution in [2.45, 2.75) is 32.4 Å². The number of imide groups is 1. The lowest BCUT2D eigenvalue weighted by atomic mass is 10.0. The van der Waals surface area contributed by atoms with Gasteiger partial charge < -0.3 is 15.2 Å². The van der Waals surface area contributed by atoms with E-state index in [-0.39, 0.29) is 30.7 Å². The Bertz CT molecular complexity index is 1280. The number of hydrogen-bond donors (Lipinski definition) is 3. The third-order valence-electron chi connectivity index (χ3n) is 5.91. The summed E-state index contributed by atoms with van der Waals surface area (Å²) in [4.78, 5) is 53.7. The van der Waals surface area contributed by atoms with E-state index in [1.54, 1.807) is 18.2 Å². The van der Waals surface area contributed by atoms with Gasteiger partial charge in [0.05, 0.1) is 0 Å². The van der Waals surface area contributed by atoms with Crippen molar-refractivity contribution in [3.8, 4) is 0 Å². The van der Waals surface area contributed by atoms with E-state index in [1.165, 1.54) is 4.90 Å². The van der Waals surface area contributed by atoms with Crippen LogP contribution in [-0.2, 0) is 16.1 Å². The summed E-state index contributed by atoms with van der Waals surface area (Å²) in [5.41, 5.74) is 4.23. The van der Waals surface area contributed by atoms with Crippen LogP contribution >= 0.6 is 0 Å². The molecule has 3 heterocycles. The fourth-order valence-corrected chi connectivity index (χ4v) is 4.28. The third-order valence-corrected chi connectivity index (χ3v) is 5.91. The molecule has 3 N–H and O–H groups in total. The number of nitrogens with zero attached hydrogens (tertiary/aromatic N) is 1. The van der Waals surface area contributed by atoms with Crippen molar-refractivity contribution in [1.29, 1.82) is 0 Å². The molecule has 2 aromatic carbocycles. The molecule has 0 radical (unpaired) electrons. The number of rotatable bonds is 3. The number of carbonyl (C=O) groups excluding carboxylic acids is 4. The normalized spacial score (nSPS) is 18.3. The zero-order valence-corrected chi connectivity index (χ0v) is 16.8. The second kappa shape index (κ2) is 7.09. The van der Waals surface area contributed by atoms with Crippen LogP contribution in [0.3, 0.4) is 0 Å². The maximum absolute atomic E-state index is 12.8. The van der Waals surface area contributed by atoms with Crippen LogP contribution in [0.5, 0.6) is 0 Å². The lowest BCUT2D eigenvalue weighted by molar-refractivity contribution is -0.136. The van der Waals surface area contributed by atoms with Gasteiger partial charge in [-0.2, -0.15) is 0 Å². The van der Waals surface area contributed by atoms with Crippen molar-refractivity contribution in [2.24, 2.45) is 0 Å². The predicted molar refractivity (Wildman–Crippen MR) is 113 cm³/mol. The largest absolute Gasteiger partial charge is 0.351 e. The highest BCUT2D eigenvalue weighted by Crippen LogP contribution is 2.29. The molecule has 1 aromatic heterocycles. The number of benzene rings is 2. The molecule has 0 saturated carbocycles. The maximum Gasteiger partial charge on any atom is 0.272 e. The fourth-order valence-electron chi connectivity index (χ4n) is 4.28. The van der Waals surface area contributed by atoms with Gasteiger partial charge in [0.15, 0.2) is 0 Å². The Morgan fingerprint density at radius 3 is 2.74 bits per heavy atom. The van der Waals surface area contributed by atoms with Gasteiger partial charge >= 0.3 is 0 Å². The number of anilines is 1. The number of aryl methyl sites for hydroxylation is 1. The number of aromatic amines is 1. The van der Waals surface area contributed by atoms with E-state index in [4.69, 9.17) is 0 Å². The predicted octanol–water partition coefficient (Wildman–Crippen LogP) is 2.49. The monoisotopic (exact) mass is 416 g/mol. The number of hydrogen-bond acceptors (Lipinski definition) is 4. The van der Waals surface area contributed by atoms with Crippen LogP contribution < -0.4 is 10.6 Å². The first-order chi connectivity index (χ1) is 14.9. The minimum absolute atomic E-state index is 0.210. The van der Waals surface area contributed by atoms with E-state index in [0.717, 1.165) is 22.0 Å². The Balaban J connectivity index is 1.35. The first kappa shape index (κ1) is 19.0. The lowest BCUT2D eigenvalue weighted by Gasteiger charge is -2.29. The zero-order chi connectivity index (χ0) is 21.7. The van der Waals surface area contributed by atoms with Crippen LogP contribution in [0, 0.1) is 6.92 Å². The van der Waals surface area contributed by atoms with Gasteiger partial charge in [0.1, 0.15) is 11.7 Å². The molecular formula is C23H20N4O4. The van der Waals surface area contributed by atoms with Gasteiger partial charge in [0, 0.05) is 35.1 Å². The van der Waals surface area contributed by atoms with Gasteiger partial charge in [-0.3, -0.25) is 24.5 Å². The van der Waals surface area contributed by atoms with Gasteiger partial charge in [-0.15, -0.1) is 0 Å². The number of H-pyrrole nitrogens is 1. The van der Waals surface area contributed by atoms with Gasteiger partial charge in [-0.05, 0) is 54.8 Å². The summed E-state index contributed by atoms with van der Waals surface area (Å²) in [5, 5.41) is 6.15. The molecule has 31 heavy (non-hydrogen) atoms. The molecule has 8 nitrogen and oxygen atoms in total. The van der Waals surface area contributed by atoms with Crippen molar-refractivity contribution < 1.29 is 19.2 Å². The molecule has 8 heteroatoms.